The number of H-pyrrole nitrogens is 1. The van der Waals surface area contributed by atoms with E-state index in [4.69, 9.17) is 0 Å². The lowest BCUT2D eigenvalue weighted by Gasteiger charge is -2.32. The van der Waals surface area contributed by atoms with Crippen molar-refractivity contribution in [2.75, 3.05) is 43.5 Å². The zero-order chi connectivity index (χ0) is 21.6. The van der Waals surface area contributed by atoms with Crippen molar-refractivity contribution in [1.29, 1.82) is 0 Å². The normalized spacial score (nSPS) is 15.0. The predicted molar refractivity (Wildman–Crippen MR) is 123 cm³/mol. The van der Waals surface area contributed by atoms with Crippen LogP contribution in [0.1, 0.15) is 30.1 Å². The summed E-state index contributed by atoms with van der Waals surface area (Å²) in [7, 11) is 3.88. The Labute approximate surface area is 183 Å². The summed E-state index contributed by atoms with van der Waals surface area (Å²) >= 11 is 0. The third-order valence-corrected chi connectivity index (χ3v) is 5.78. The van der Waals surface area contributed by atoms with Crippen LogP contribution in [0.2, 0.25) is 0 Å². The molecule has 0 radical (unpaired) electrons. The minimum absolute atomic E-state index is 0.128. The summed E-state index contributed by atoms with van der Waals surface area (Å²) in [6.07, 6.45) is 1.94. The van der Waals surface area contributed by atoms with Gasteiger partial charge in [0.1, 0.15) is 5.82 Å². The number of nitrogens with zero attached hydrogens (tertiary/aromatic N) is 5. The van der Waals surface area contributed by atoms with Gasteiger partial charge in [-0.1, -0.05) is 48.5 Å². The highest BCUT2D eigenvalue weighted by atomic mass is 16.2. The zero-order valence-electron chi connectivity index (χ0n) is 18.2. The molecule has 1 N–H and O–H groups in total. The summed E-state index contributed by atoms with van der Waals surface area (Å²) in [5.41, 5.74) is 2.06. The Kier molecular flexibility index (Phi) is 6.62. The Morgan fingerprint density at radius 3 is 2.29 bits per heavy atom. The lowest BCUT2D eigenvalue weighted by molar-refractivity contribution is -0.120. The largest absolute Gasteiger partial charge is 0.346 e. The number of benzene rings is 2. The molecule has 162 valence electrons. The molecule has 1 aliphatic heterocycles. The highest BCUT2D eigenvalue weighted by Gasteiger charge is 2.26. The van der Waals surface area contributed by atoms with Crippen LogP contribution in [0, 0.1) is 0 Å². The van der Waals surface area contributed by atoms with Gasteiger partial charge in [0.25, 0.3) is 0 Å². The number of rotatable bonds is 7. The maximum Gasteiger partial charge on any atom is 0.244 e. The van der Waals surface area contributed by atoms with Gasteiger partial charge in [-0.05, 0) is 43.6 Å². The van der Waals surface area contributed by atoms with Crippen LogP contribution in [0.5, 0.6) is 0 Å². The summed E-state index contributed by atoms with van der Waals surface area (Å²) in [6, 6.07) is 20.1. The Bertz CT molecular complexity index is 964. The first kappa shape index (κ1) is 21.1. The van der Waals surface area contributed by atoms with Crippen molar-refractivity contribution in [1.82, 2.24) is 20.1 Å². The first-order valence-electron chi connectivity index (χ1n) is 10.8. The van der Waals surface area contributed by atoms with Gasteiger partial charge in [-0.3, -0.25) is 14.8 Å². The minimum Gasteiger partial charge on any atom is -0.346 e. The molecule has 2 heterocycles. The van der Waals surface area contributed by atoms with Crippen molar-refractivity contribution >= 4 is 17.5 Å². The molecule has 7 heteroatoms. The molecular formula is C24H30N6O. The summed E-state index contributed by atoms with van der Waals surface area (Å²) in [6.45, 7) is 2.75. The van der Waals surface area contributed by atoms with Crippen molar-refractivity contribution in [3.05, 3.63) is 72.1 Å². The van der Waals surface area contributed by atoms with Crippen LogP contribution < -0.4 is 9.80 Å². The Balaban J connectivity index is 1.38. The summed E-state index contributed by atoms with van der Waals surface area (Å²) in [5.74, 6) is 2.15. The van der Waals surface area contributed by atoms with E-state index in [9.17, 15) is 4.79 Å². The molecule has 3 aromatic rings. The second-order valence-electron chi connectivity index (χ2n) is 8.27. The molecule has 0 unspecified atom stereocenters. The molecule has 2 aromatic carbocycles. The SMILES string of the molecule is CN(C)c1n[nH]c(C2CCN(CC(=O)N(Cc3ccccc3)c3ccccc3)CC2)n1. The molecular weight excluding hydrogens is 388 g/mol. The van der Waals surface area contributed by atoms with Crippen molar-refractivity contribution in [3.8, 4) is 0 Å². The molecule has 7 nitrogen and oxygen atoms in total. The molecule has 0 aliphatic carbocycles. The lowest BCUT2D eigenvalue weighted by Crippen LogP contribution is -2.43. The fraction of sp³-hybridized carbons (Fsp3) is 0.375. The number of hydrogen-bond donors (Lipinski definition) is 1. The van der Waals surface area contributed by atoms with E-state index in [1.54, 1.807) is 0 Å². The van der Waals surface area contributed by atoms with Crippen LogP contribution in [-0.4, -0.2) is 59.7 Å². The maximum absolute atomic E-state index is 13.3. The average Bonchev–Trinajstić information content (AvgIpc) is 3.30. The van der Waals surface area contributed by atoms with Gasteiger partial charge in [-0.15, -0.1) is 5.10 Å². The van der Waals surface area contributed by atoms with E-state index in [-0.39, 0.29) is 5.91 Å². The van der Waals surface area contributed by atoms with Gasteiger partial charge >= 0.3 is 0 Å². The number of aromatic amines is 1. The molecule has 0 saturated carbocycles. The minimum atomic E-state index is 0.128. The molecule has 4 rings (SSSR count). The predicted octanol–water partition coefficient (Wildman–Crippen LogP) is 3.28. The third kappa shape index (κ3) is 5.30. The average molecular weight is 419 g/mol. The fourth-order valence-electron chi connectivity index (χ4n) is 3.99. The topological polar surface area (TPSA) is 68.4 Å². The first-order valence-corrected chi connectivity index (χ1v) is 10.8. The van der Waals surface area contributed by atoms with E-state index in [1.807, 2.05) is 72.4 Å². The Morgan fingerprint density at radius 1 is 1.03 bits per heavy atom. The van der Waals surface area contributed by atoms with E-state index < -0.39 is 0 Å². The van der Waals surface area contributed by atoms with Gasteiger partial charge in [-0.2, -0.15) is 4.98 Å². The van der Waals surface area contributed by atoms with Crippen LogP contribution >= 0.6 is 0 Å². The molecule has 1 aliphatic rings. The molecule has 0 spiro atoms. The molecule has 31 heavy (non-hydrogen) atoms. The van der Waals surface area contributed by atoms with Gasteiger partial charge in [0, 0.05) is 25.7 Å². The highest BCUT2D eigenvalue weighted by molar-refractivity contribution is 5.94. The second kappa shape index (κ2) is 9.75. The zero-order valence-corrected chi connectivity index (χ0v) is 18.2. The van der Waals surface area contributed by atoms with Gasteiger partial charge < -0.3 is 9.80 Å². The number of nitrogens with one attached hydrogen (secondary N) is 1. The number of hydrogen-bond acceptors (Lipinski definition) is 5. The van der Waals surface area contributed by atoms with Gasteiger partial charge in [0.2, 0.25) is 11.9 Å². The highest BCUT2D eigenvalue weighted by Crippen LogP contribution is 2.26. The van der Waals surface area contributed by atoms with Gasteiger partial charge in [0.15, 0.2) is 0 Å². The number of aromatic nitrogens is 3. The van der Waals surface area contributed by atoms with Crippen LogP contribution in [0.4, 0.5) is 11.6 Å². The van der Waals surface area contributed by atoms with Gasteiger partial charge in [0.05, 0.1) is 13.1 Å². The number of para-hydroxylation sites is 1. The van der Waals surface area contributed by atoms with E-state index in [2.05, 4.69) is 32.2 Å². The van der Waals surface area contributed by atoms with Crippen molar-refractivity contribution in [2.45, 2.75) is 25.3 Å². The smallest absolute Gasteiger partial charge is 0.244 e. The number of carbonyl (C=O) groups is 1. The molecule has 1 fully saturated rings. The molecule has 1 saturated heterocycles. The number of carbonyl (C=O) groups excluding carboxylic acids is 1. The molecule has 1 amide bonds. The monoisotopic (exact) mass is 418 g/mol. The quantitative estimate of drug-likeness (QED) is 0.638. The van der Waals surface area contributed by atoms with E-state index >= 15 is 0 Å². The Hall–Kier alpha value is -3.19. The number of piperidine rings is 1. The van der Waals surface area contributed by atoms with Crippen molar-refractivity contribution in [3.63, 3.8) is 0 Å². The van der Waals surface area contributed by atoms with Gasteiger partial charge in [-0.25, -0.2) is 0 Å². The number of likely N-dealkylation sites (tertiary alicyclic amines) is 1. The maximum atomic E-state index is 13.3. The summed E-state index contributed by atoms with van der Waals surface area (Å²) < 4.78 is 0. The Morgan fingerprint density at radius 2 is 1.68 bits per heavy atom. The number of amides is 1. The van der Waals surface area contributed by atoms with E-state index in [0.29, 0.717) is 25.0 Å². The third-order valence-electron chi connectivity index (χ3n) is 5.78. The fourth-order valence-corrected chi connectivity index (χ4v) is 3.99. The van der Waals surface area contributed by atoms with Crippen molar-refractivity contribution in [2.24, 2.45) is 0 Å². The number of anilines is 2. The lowest BCUT2D eigenvalue weighted by atomic mass is 9.96. The van der Waals surface area contributed by atoms with E-state index in [1.165, 1.54) is 0 Å². The molecule has 1 aromatic heterocycles. The van der Waals surface area contributed by atoms with Crippen molar-refractivity contribution < 1.29 is 4.79 Å². The van der Waals surface area contributed by atoms with Crippen LogP contribution in [0.25, 0.3) is 0 Å². The van der Waals surface area contributed by atoms with E-state index in [0.717, 1.165) is 43.0 Å². The molecule has 0 atom stereocenters. The van der Waals surface area contributed by atoms with Crippen LogP contribution in [0.15, 0.2) is 60.7 Å². The second-order valence-corrected chi connectivity index (χ2v) is 8.27. The van der Waals surface area contributed by atoms with Crippen LogP contribution in [-0.2, 0) is 11.3 Å². The summed E-state index contributed by atoms with van der Waals surface area (Å²) in [4.78, 5) is 23.9. The first-order chi connectivity index (χ1) is 15.1. The standard InChI is InChI=1S/C24H30N6O/c1-28(2)24-25-23(26-27-24)20-13-15-29(16-14-20)18-22(31)30(21-11-7-4-8-12-21)17-19-9-5-3-6-10-19/h3-12,20H,13-18H2,1-2H3,(H,25,26,27). The molecule has 0 bridgehead atoms. The van der Waals surface area contributed by atoms with Crippen LogP contribution in [0.3, 0.4) is 0 Å². The summed E-state index contributed by atoms with van der Waals surface area (Å²) in [5, 5.41) is 7.35.